The zero-order chi connectivity index (χ0) is 13.4. The lowest BCUT2D eigenvalue weighted by Gasteiger charge is -2.27. The summed E-state index contributed by atoms with van der Waals surface area (Å²) in [5.41, 5.74) is 6.51. The normalized spacial score (nSPS) is 12.9. The van der Waals surface area contributed by atoms with E-state index in [2.05, 4.69) is 4.90 Å². The molecule has 0 aliphatic rings. The molecule has 0 bridgehead atoms. The number of halogens is 1. The molecule has 0 fully saturated rings. The Hall–Kier alpha value is -0.970. The van der Waals surface area contributed by atoms with Crippen LogP contribution in [0.1, 0.15) is 18.4 Å². The van der Waals surface area contributed by atoms with Crippen molar-refractivity contribution in [2.75, 3.05) is 27.3 Å². The monoisotopic (exact) mass is 254 g/mol. The van der Waals surface area contributed by atoms with E-state index < -0.39 is 0 Å². The lowest BCUT2D eigenvalue weighted by atomic mass is 10.1. The average molecular weight is 254 g/mol. The first-order valence-corrected chi connectivity index (χ1v) is 6.31. The first kappa shape index (κ1) is 15.1. The second-order valence-electron chi connectivity index (χ2n) is 4.59. The van der Waals surface area contributed by atoms with Crippen LogP contribution in [0.2, 0.25) is 0 Å². The van der Waals surface area contributed by atoms with E-state index in [9.17, 15) is 4.39 Å². The van der Waals surface area contributed by atoms with Gasteiger partial charge in [0.15, 0.2) is 0 Å². The third-order valence-corrected chi connectivity index (χ3v) is 3.04. The fourth-order valence-corrected chi connectivity index (χ4v) is 2.03. The van der Waals surface area contributed by atoms with Crippen molar-refractivity contribution in [2.45, 2.75) is 25.4 Å². The Morgan fingerprint density at radius 2 is 2.22 bits per heavy atom. The van der Waals surface area contributed by atoms with E-state index in [-0.39, 0.29) is 5.82 Å². The summed E-state index contributed by atoms with van der Waals surface area (Å²) in [6.07, 6.45) is 1.97. The molecule has 0 aliphatic heterocycles. The number of hydrogen-bond donors (Lipinski definition) is 1. The van der Waals surface area contributed by atoms with Crippen LogP contribution in [-0.2, 0) is 11.3 Å². The average Bonchev–Trinajstić information content (AvgIpc) is 2.34. The van der Waals surface area contributed by atoms with Gasteiger partial charge in [0.05, 0.1) is 6.61 Å². The summed E-state index contributed by atoms with van der Waals surface area (Å²) in [5, 5.41) is 0. The van der Waals surface area contributed by atoms with Crippen molar-refractivity contribution in [3.63, 3.8) is 0 Å². The van der Waals surface area contributed by atoms with E-state index in [4.69, 9.17) is 10.5 Å². The summed E-state index contributed by atoms with van der Waals surface area (Å²) in [5.74, 6) is -0.189. The molecule has 0 amide bonds. The molecule has 4 heteroatoms. The maximum atomic E-state index is 13.1. The maximum absolute atomic E-state index is 13.1. The molecule has 18 heavy (non-hydrogen) atoms. The van der Waals surface area contributed by atoms with Crippen molar-refractivity contribution in [3.8, 4) is 0 Å². The predicted octanol–water partition coefficient (Wildman–Crippen LogP) is 2.01. The summed E-state index contributed by atoms with van der Waals surface area (Å²) in [4.78, 5) is 2.19. The highest BCUT2D eigenvalue weighted by Crippen LogP contribution is 2.11. The molecule has 102 valence electrons. The van der Waals surface area contributed by atoms with E-state index in [1.807, 2.05) is 13.1 Å². The van der Waals surface area contributed by atoms with Crippen molar-refractivity contribution >= 4 is 0 Å². The van der Waals surface area contributed by atoms with Crippen LogP contribution in [-0.4, -0.2) is 38.3 Å². The van der Waals surface area contributed by atoms with E-state index >= 15 is 0 Å². The minimum atomic E-state index is -0.189. The molecule has 1 rings (SSSR count). The van der Waals surface area contributed by atoms with Crippen LogP contribution >= 0.6 is 0 Å². The van der Waals surface area contributed by atoms with Crippen LogP contribution in [0.15, 0.2) is 24.3 Å². The second kappa shape index (κ2) is 8.19. The summed E-state index contributed by atoms with van der Waals surface area (Å²) in [7, 11) is 3.73. The zero-order valence-electron chi connectivity index (χ0n) is 11.2. The van der Waals surface area contributed by atoms with Crippen molar-refractivity contribution < 1.29 is 9.13 Å². The lowest BCUT2D eigenvalue weighted by molar-refractivity contribution is 0.0961. The zero-order valence-corrected chi connectivity index (χ0v) is 11.2. The van der Waals surface area contributed by atoms with Gasteiger partial charge >= 0.3 is 0 Å². The Balaban J connectivity index is 2.56. The van der Waals surface area contributed by atoms with E-state index in [1.165, 1.54) is 6.07 Å². The lowest BCUT2D eigenvalue weighted by Crippen LogP contribution is -2.35. The molecule has 0 spiro atoms. The van der Waals surface area contributed by atoms with Crippen LogP contribution < -0.4 is 5.73 Å². The van der Waals surface area contributed by atoms with E-state index in [1.54, 1.807) is 19.2 Å². The molecule has 1 aromatic rings. The quantitative estimate of drug-likeness (QED) is 0.771. The Kier molecular flexibility index (Phi) is 6.86. The van der Waals surface area contributed by atoms with Gasteiger partial charge < -0.3 is 10.5 Å². The molecule has 0 saturated heterocycles. The molecular formula is C14H23FN2O. The highest BCUT2D eigenvalue weighted by atomic mass is 19.1. The summed E-state index contributed by atoms with van der Waals surface area (Å²) >= 11 is 0. The van der Waals surface area contributed by atoms with E-state index in [0.29, 0.717) is 19.2 Å². The van der Waals surface area contributed by atoms with Crippen LogP contribution in [0, 0.1) is 5.82 Å². The first-order chi connectivity index (χ1) is 8.67. The molecule has 1 atom stereocenters. The molecule has 1 aromatic carbocycles. The van der Waals surface area contributed by atoms with Gasteiger partial charge in [-0.05, 0) is 44.1 Å². The first-order valence-electron chi connectivity index (χ1n) is 6.31. The number of ether oxygens (including phenoxy) is 1. The van der Waals surface area contributed by atoms with Gasteiger partial charge in [-0.2, -0.15) is 0 Å². The Morgan fingerprint density at radius 3 is 2.83 bits per heavy atom. The summed E-state index contributed by atoms with van der Waals surface area (Å²) < 4.78 is 18.3. The third-order valence-electron chi connectivity index (χ3n) is 3.04. The van der Waals surface area contributed by atoms with Gasteiger partial charge in [0, 0.05) is 19.7 Å². The summed E-state index contributed by atoms with van der Waals surface area (Å²) in [6.45, 7) is 2.08. The number of rotatable bonds is 8. The largest absolute Gasteiger partial charge is 0.383 e. The molecule has 0 aliphatic carbocycles. The van der Waals surface area contributed by atoms with Gasteiger partial charge in [0.2, 0.25) is 0 Å². The molecule has 3 nitrogen and oxygen atoms in total. The van der Waals surface area contributed by atoms with Crippen molar-refractivity contribution in [1.82, 2.24) is 4.90 Å². The Morgan fingerprint density at radius 1 is 1.44 bits per heavy atom. The van der Waals surface area contributed by atoms with Gasteiger partial charge in [0.1, 0.15) is 5.82 Å². The highest BCUT2D eigenvalue weighted by Gasteiger charge is 2.14. The van der Waals surface area contributed by atoms with Crippen molar-refractivity contribution in [1.29, 1.82) is 0 Å². The number of likely N-dealkylation sites (N-methyl/N-ethyl adjacent to an activating group) is 1. The Bertz CT molecular complexity index is 346. The molecule has 1 unspecified atom stereocenters. The number of hydrogen-bond acceptors (Lipinski definition) is 3. The van der Waals surface area contributed by atoms with Gasteiger partial charge in [-0.1, -0.05) is 12.1 Å². The van der Waals surface area contributed by atoms with Crippen LogP contribution in [0.5, 0.6) is 0 Å². The van der Waals surface area contributed by atoms with Gasteiger partial charge in [0.25, 0.3) is 0 Å². The number of nitrogens with zero attached hydrogens (tertiary/aromatic N) is 1. The SMILES string of the molecule is COCC(CCCN)N(C)Cc1cccc(F)c1. The van der Waals surface area contributed by atoms with Crippen molar-refractivity contribution in [2.24, 2.45) is 5.73 Å². The minimum absolute atomic E-state index is 0.189. The molecule has 0 heterocycles. The molecule has 0 saturated carbocycles. The number of benzene rings is 1. The topological polar surface area (TPSA) is 38.5 Å². The molecular weight excluding hydrogens is 231 g/mol. The highest BCUT2D eigenvalue weighted by molar-refractivity contribution is 5.16. The standard InChI is InChI=1S/C14H23FN2O/c1-17(14(11-18-2)7-4-8-16)10-12-5-3-6-13(15)9-12/h3,5-6,9,14H,4,7-8,10-11,16H2,1-2H3. The number of methoxy groups -OCH3 is 1. The van der Waals surface area contributed by atoms with Crippen molar-refractivity contribution in [3.05, 3.63) is 35.6 Å². The van der Waals surface area contributed by atoms with E-state index in [0.717, 1.165) is 24.9 Å². The maximum Gasteiger partial charge on any atom is 0.123 e. The molecule has 2 N–H and O–H groups in total. The summed E-state index contributed by atoms with van der Waals surface area (Å²) in [6, 6.07) is 7.03. The molecule has 0 aromatic heterocycles. The van der Waals surface area contributed by atoms with Crippen LogP contribution in [0.3, 0.4) is 0 Å². The number of nitrogens with two attached hydrogens (primary N) is 1. The smallest absolute Gasteiger partial charge is 0.123 e. The molecule has 0 radical (unpaired) electrons. The van der Waals surface area contributed by atoms with Gasteiger partial charge in [-0.15, -0.1) is 0 Å². The van der Waals surface area contributed by atoms with Crippen LogP contribution in [0.4, 0.5) is 4.39 Å². The minimum Gasteiger partial charge on any atom is -0.383 e. The predicted molar refractivity (Wildman–Crippen MR) is 71.8 cm³/mol. The van der Waals surface area contributed by atoms with Gasteiger partial charge in [-0.25, -0.2) is 4.39 Å². The fraction of sp³-hybridized carbons (Fsp3) is 0.571. The third kappa shape index (κ3) is 5.12. The van der Waals surface area contributed by atoms with Gasteiger partial charge in [-0.3, -0.25) is 4.90 Å². The second-order valence-corrected chi connectivity index (χ2v) is 4.59. The van der Waals surface area contributed by atoms with Crippen LogP contribution in [0.25, 0.3) is 0 Å². The Labute approximate surface area is 109 Å². The fourth-order valence-electron chi connectivity index (χ4n) is 2.03.